The minimum atomic E-state index is -0.215. The molecule has 0 aromatic heterocycles. The molecular weight excluding hydrogens is 360 g/mol. The summed E-state index contributed by atoms with van der Waals surface area (Å²) in [7, 11) is 3.14. The molecule has 1 rings (SSSR count). The first-order chi connectivity index (χ1) is 11.0. The minimum Gasteiger partial charge on any atom is -0.493 e. The summed E-state index contributed by atoms with van der Waals surface area (Å²) in [5.74, 6) is 1.70. The number of unbranched alkanes of at least 4 members (excludes halogenated alkanes) is 1. The standard InChI is InChI=1S/C17H27BrN2O3/c1-5-7-8-12(6-2)11-19-17(21)20-14-10-16(23-4)15(22-3)9-13(14)18/h9-10,12H,5-8,11H2,1-4H3,(H2,19,20,21). The lowest BCUT2D eigenvalue weighted by molar-refractivity contribution is 0.249. The first kappa shape index (κ1) is 19.6. The first-order valence-electron chi connectivity index (χ1n) is 8.02. The molecule has 0 fully saturated rings. The van der Waals surface area contributed by atoms with Crippen molar-refractivity contribution in [3.63, 3.8) is 0 Å². The zero-order valence-electron chi connectivity index (χ0n) is 14.4. The van der Waals surface area contributed by atoms with Crippen molar-refractivity contribution in [2.24, 2.45) is 5.92 Å². The topological polar surface area (TPSA) is 59.6 Å². The maximum absolute atomic E-state index is 12.1. The quantitative estimate of drug-likeness (QED) is 0.640. The van der Waals surface area contributed by atoms with Gasteiger partial charge in [0, 0.05) is 23.2 Å². The lowest BCUT2D eigenvalue weighted by Gasteiger charge is -2.17. The van der Waals surface area contributed by atoms with E-state index in [2.05, 4.69) is 40.4 Å². The van der Waals surface area contributed by atoms with E-state index in [1.54, 1.807) is 26.4 Å². The molecule has 0 radical (unpaired) electrons. The van der Waals surface area contributed by atoms with Crippen LogP contribution in [0.4, 0.5) is 10.5 Å². The normalized spacial score (nSPS) is 11.7. The SMILES string of the molecule is CCCCC(CC)CNC(=O)Nc1cc(OC)c(OC)cc1Br. The molecule has 2 amide bonds. The third-order valence-electron chi connectivity index (χ3n) is 3.82. The van der Waals surface area contributed by atoms with E-state index in [1.165, 1.54) is 12.8 Å². The number of amides is 2. The summed E-state index contributed by atoms with van der Waals surface area (Å²) in [6.07, 6.45) is 4.60. The molecule has 0 saturated carbocycles. The van der Waals surface area contributed by atoms with E-state index in [0.717, 1.165) is 17.3 Å². The number of rotatable bonds is 9. The fourth-order valence-corrected chi connectivity index (χ4v) is 2.72. The van der Waals surface area contributed by atoms with Gasteiger partial charge in [-0.2, -0.15) is 0 Å². The van der Waals surface area contributed by atoms with Gasteiger partial charge in [-0.3, -0.25) is 0 Å². The smallest absolute Gasteiger partial charge is 0.319 e. The van der Waals surface area contributed by atoms with Crippen molar-refractivity contribution in [3.8, 4) is 11.5 Å². The molecule has 0 heterocycles. The van der Waals surface area contributed by atoms with E-state index in [-0.39, 0.29) is 6.03 Å². The van der Waals surface area contributed by atoms with Crippen LogP contribution in [0.3, 0.4) is 0 Å². The van der Waals surface area contributed by atoms with E-state index >= 15 is 0 Å². The molecule has 6 heteroatoms. The molecule has 1 aromatic rings. The number of benzene rings is 1. The lowest BCUT2D eigenvalue weighted by atomic mass is 9.99. The number of carbonyl (C=O) groups excluding carboxylic acids is 1. The molecule has 0 bridgehead atoms. The molecule has 0 aliphatic carbocycles. The van der Waals surface area contributed by atoms with Gasteiger partial charge in [0.1, 0.15) is 0 Å². The summed E-state index contributed by atoms with van der Waals surface area (Å²) in [6.45, 7) is 5.03. The Balaban J connectivity index is 2.63. The van der Waals surface area contributed by atoms with Crippen molar-refractivity contribution in [1.29, 1.82) is 0 Å². The predicted octanol–water partition coefficient (Wildman–Crippen LogP) is 4.80. The maximum atomic E-state index is 12.1. The Morgan fingerprint density at radius 3 is 2.43 bits per heavy atom. The van der Waals surface area contributed by atoms with E-state index in [0.29, 0.717) is 29.6 Å². The highest BCUT2D eigenvalue weighted by Crippen LogP contribution is 2.36. The van der Waals surface area contributed by atoms with Crippen LogP contribution >= 0.6 is 15.9 Å². The number of carbonyl (C=O) groups is 1. The number of anilines is 1. The van der Waals surface area contributed by atoms with E-state index < -0.39 is 0 Å². The van der Waals surface area contributed by atoms with Crippen LogP contribution in [0.5, 0.6) is 11.5 Å². The summed E-state index contributed by atoms with van der Waals surface area (Å²) in [5.41, 5.74) is 0.641. The molecule has 0 spiro atoms. The third-order valence-corrected chi connectivity index (χ3v) is 4.47. The maximum Gasteiger partial charge on any atom is 0.319 e. The zero-order chi connectivity index (χ0) is 17.2. The number of halogens is 1. The highest BCUT2D eigenvalue weighted by molar-refractivity contribution is 9.10. The van der Waals surface area contributed by atoms with Crippen LogP contribution in [-0.4, -0.2) is 26.8 Å². The Kier molecular flexibility index (Phi) is 8.84. The molecule has 1 unspecified atom stereocenters. The number of urea groups is 1. The van der Waals surface area contributed by atoms with E-state index in [4.69, 9.17) is 9.47 Å². The van der Waals surface area contributed by atoms with Crippen LogP contribution in [0.15, 0.2) is 16.6 Å². The molecule has 1 aromatic carbocycles. The second-order valence-electron chi connectivity index (χ2n) is 5.44. The fourth-order valence-electron chi connectivity index (χ4n) is 2.30. The number of hydrogen-bond acceptors (Lipinski definition) is 3. The third kappa shape index (κ3) is 6.29. The Morgan fingerprint density at radius 1 is 1.22 bits per heavy atom. The van der Waals surface area contributed by atoms with Crippen molar-refractivity contribution in [1.82, 2.24) is 5.32 Å². The Morgan fingerprint density at radius 2 is 1.87 bits per heavy atom. The number of methoxy groups -OCH3 is 2. The Hall–Kier alpha value is -1.43. The van der Waals surface area contributed by atoms with Gasteiger partial charge in [-0.25, -0.2) is 4.79 Å². The van der Waals surface area contributed by atoms with Crippen molar-refractivity contribution < 1.29 is 14.3 Å². The summed E-state index contributed by atoms with van der Waals surface area (Å²) >= 11 is 3.43. The average Bonchev–Trinajstić information content (AvgIpc) is 2.56. The number of hydrogen-bond donors (Lipinski definition) is 2. The van der Waals surface area contributed by atoms with E-state index in [9.17, 15) is 4.79 Å². The van der Waals surface area contributed by atoms with Gasteiger partial charge in [-0.15, -0.1) is 0 Å². The van der Waals surface area contributed by atoms with Gasteiger partial charge in [-0.05, 0) is 28.3 Å². The summed E-state index contributed by atoms with van der Waals surface area (Å²) < 4.78 is 11.2. The summed E-state index contributed by atoms with van der Waals surface area (Å²) in [4.78, 5) is 12.1. The molecule has 130 valence electrons. The van der Waals surface area contributed by atoms with Crippen LogP contribution in [0.2, 0.25) is 0 Å². The minimum absolute atomic E-state index is 0.215. The van der Waals surface area contributed by atoms with Gasteiger partial charge in [0.2, 0.25) is 0 Å². The van der Waals surface area contributed by atoms with Gasteiger partial charge in [-0.1, -0.05) is 33.1 Å². The highest BCUT2D eigenvalue weighted by atomic mass is 79.9. The lowest BCUT2D eigenvalue weighted by Crippen LogP contribution is -2.33. The zero-order valence-corrected chi connectivity index (χ0v) is 16.0. The summed E-state index contributed by atoms with van der Waals surface area (Å²) in [5, 5.41) is 5.78. The second kappa shape index (κ2) is 10.4. The molecule has 5 nitrogen and oxygen atoms in total. The Labute approximate surface area is 147 Å². The van der Waals surface area contributed by atoms with Gasteiger partial charge in [0.05, 0.1) is 19.9 Å². The molecule has 2 N–H and O–H groups in total. The predicted molar refractivity (Wildman–Crippen MR) is 97.6 cm³/mol. The van der Waals surface area contributed by atoms with Crippen molar-refractivity contribution in [2.45, 2.75) is 39.5 Å². The average molecular weight is 387 g/mol. The highest BCUT2D eigenvalue weighted by Gasteiger charge is 2.13. The fraction of sp³-hybridized carbons (Fsp3) is 0.588. The van der Waals surface area contributed by atoms with Crippen LogP contribution in [-0.2, 0) is 0 Å². The van der Waals surface area contributed by atoms with Crippen LogP contribution in [0.1, 0.15) is 39.5 Å². The van der Waals surface area contributed by atoms with Crippen LogP contribution in [0, 0.1) is 5.92 Å². The largest absolute Gasteiger partial charge is 0.493 e. The van der Waals surface area contributed by atoms with Gasteiger partial charge in [0.15, 0.2) is 11.5 Å². The molecule has 0 aliphatic rings. The van der Waals surface area contributed by atoms with Crippen molar-refractivity contribution in [2.75, 3.05) is 26.1 Å². The number of ether oxygens (including phenoxy) is 2. The summed E-state index contributed by atoms with van der Waals surface area (Å²) in [6, 6.07) is 3.29. The second-order valence-corrected chi connectivity index (χ2v) is 6.29. The van der Waals surface area contributed by atoms with E-state index in [1.807, 2.05) is 0 Å². The Bertz CT molecular complexity index is 509. The molecular formula is C17H27BrN2O3. The van der Waals surface area contributed by atoms with Gasteiger partial charge >= 0.3 is 6.03 Å². The molecule has 0 aliphatic heterocycles. The molecule has 0 saturated heterocycles. The van der Waals surface area contributed by atoms with Gasteiger partial charge in [0.25, 0.3) is 0 Å². The van der Waals surface area contributed by atoms with Crippen molar-refractivity contribution in [3.05, 3.63) is 16.6 Å². The van der Waals surface area contributed by atoms with Gasteiger partial charge < -0.3 is 20.1 Å². The number of nitrogens with one attached hydrogen (secondary N) is 2. The van der Waals surface area contributed by atoms with Crippen molar-refractivity contribution >= 4 is 27.6 Å². The van der Waals surface area contributed by atoms with Crippen LogP contribution in [0.25, 0.3) is 0 Å². The first-order valence-corrected chi connectivity index (χ1v) is 8.81. The van der Waals surface area contributed by atoms with Crippen LogP contribution < -0.4 is 20.1 Å². The molecule has 1 atom stereocenters. The molecule has 23 heavy (non-hydrogen) atoms. The monoisotopic (exact) mass is 386 g/mol.